The van der Waals surface area contributed by atoms with Crippen LogP contribution in [-0.4, -0.2) is 18.5 Å². The zero-order valence-electron chi connectivity index (χ0n) is 7.84. The van der Waals surface area contributed by atoms with Gasteiger partial charge in [0.15, 0.2) is 0 Å². The second kappa shape index (κ2) is 3.90. The lowest BCUT2D eigenvalue weighted by Crippen LogP contribution is -2.41. The van der Waals surface area contributed by atoms with Gasteiger partial charge in [-0.3, -0.25) is 4.79 Å². The Kier molecular flexibility index (Phi) is 3.09. The first-order valence-corrected chi connectivity index (χ1v) is 4.67. The van der Waals surface area contributed by atoms with Gasteiger partial charge in [-0.05, 0) is 31.2 Å². The maximum Gasteiger partial charge on any atom is 0.234 e. The zero-order valence-corrected chi connectivity index (χ0v) is 7.84. The first-order chi connectivity index (χ1) is 5.65. The summed E-state index contributed by atoms with van der Waals surface area (Å²) in [5, 5.41) is 3.19. The van der Waals surface area contributed by atoms with E-state index in [4.69, 9.17) is 5.73 Å². The molecule has 3 heteroatoms. The highest BCUT2D eigenvalue weighted by molar-refractivity contribution is 5.79. The fourth-order valence-electron chi connectivity index (χ4n) is 1.42. The van der Waals surface area contributed by atoms with Crippen molar-refractivity contribution in [1.82, 2.24) is 5.32 Å². The summed E-state index contributed by atoms with van der Waals surface area (Å²) < 4.78 is 0. The highest BCUT2D eigenvalue weighted by Crippen LogP contribution is 2.36. The molecule has 3 atom stereocenters. The molecule has 1 aliphatic rings. The lowest BCUT2D eigenvalue weighted by atomic mass is 10.2. The maximum absolute atomic E-state index is 10.8. The second-order valence-electron chi connectivity index (χ2n) is 3.74. The van der Waals surface area contributed by atoms with Gasteiger partial charge in [0.2, 0.25) is 5.91 Å². The largest absolute Gasteiger partial charge is 0.368 e. The lowest BCUT2D eigenvalue weighted by Gasteiger charge is -2.12. The van der Waals surface area contributed by atoms with Crippen LogP contribution < -0.4 is 11.1 Å². The fraction of sp³-hybridized carbons (Fsp3) is 0.889. The summed E-state index contributed by atoms with van der Waals surface area (Å²) >= 11 is 0. The molecule has 0 aliphatic heterocycles. The van der Waals surface area contributed by atoms with E-state index in [-0.39, 0.29) is 11.9 Å². The van der Waals surface area contributed by atoms with Crippen molar-refractivity contribution in [1.29, 1.82) is 0 Å². The number of amides is 1. The molecule has 1 aliphatic carbocycles. The third kappa shape index (κ3) is 2.48. The molecule has 3 unspecified atom stereocenters. The smallest absolute Gasteiger partial charge is 0.234 e. The topological polar surface area (TPSA) is 55.1 Å². The Labute approximate surface area is 73.7 Å². The molecular formula is C9H18N2O. The molecule has 3 nitrogen and oxygen atoms in total. The predicted octanol–water partition coefficient (Wildman–Crippen LogP) is 0.496. The molecule has 0 aromatic rings. The highest BCUT2D eigenvalue weighted by Gasteiger charge is 2.32. The van der Waals surface area contributed by atoms with Crippen molar-refractivity contribution >= 4 is 5.91 Å². The van der Waals surface area contributed by atoms with Crippen molar-refractivity contribution in [3.05, 3.63) is 0 Å². The van der Waals surface area contributed by atoms with Crippen LogP contribution in [0, 0.1) is 11.8 Å². The number of carbonyl (C=O) groups is 1. The van der Waals surface area contributed by atoms with Gasteiger partial charge in [0.1, 0.15) is 0 Å². The van der Waals surface area contributed by atoms with Gasteiger partial charge in [0.05, 0.1) is 6.04 Å². The second-order valence-corrected chi connectivity index (χ2v) is 3.74. The Hall–Kier alpha value is -0.570. The third-order valence-electron chi connectivity index (χ3n) is 2.65. The summed E-state index contributed by atoms with van der Waals surface area (Å²) in [5.41, 5.74) is 5.19. The zero-order chi connectivity index (χ0) is 9.14. The van der Waals surface area contributed by atoms with Gasteiger partial charge in [-0.1, -0.05) is 13.8 Å². The molecule has 0 bridgehead atoms. The first kappa shape index (κ1) is 9.52. The van der Waals surface area contributed by atoms with Crippen molar-refractivity contribution < 1.29 is 4.79 Å². The molecule has 70 valence electrons. The van der Waals surface area contributed by atoms with Gasteiger partial charge < -0.3 is 11.1 Å². The van der Waals surface area contributed by atoms with E-state index >= 15 is 0 Å². The van der Waals surface area contributed by atoms with Gasteiger partial charge in [-0.25, -0.2) is 0 Å². The van der Waals surface area contributed by atoms with Gasteiger partial charge >= 0.3 is 0 Å². The van der Waals surface area contributed by atoms with Crippen molar-refractivity contribution in [2.45, 2.75) is 32.7 Å². The van der Waals surface area contributed by atoms with E-state index in [2.05, 4.69) is 12.2 Å². The Morgan fingerprint density at radius 1 is 1.75 bits per heavy atom. The Morgan fingerprint density at radius 2 is 2.33 bits per heavy atom. The summed E-state index contributed by atoms with van der Waals surface area (Å²) in [6, 6.07) is -0.127. The Morgan fingerprint density at radius 3 is 2.67 bits per heavy atom. The minimum atomic E-state index is -0.231. The average molecular weight is 170 g/mol. The maximum atomic E-state index is 10.8. The fourth-order valence-corrected chi connectivity index (χ4v) is 1.42. The van der Waals surface area contributed by atoms with E-state index in [0.717, 1.165) is 24.8 Å². The van der Waals surface area contributed by atoms with Crippen LogP contribution in [0.3, 0.4) is 0 Å². The normalized spacial score (nSPS) is 29.8. The van der Waals surface area contributed by atoms with Crippen LogP contribution in [0.15, 0.2) is 0 Å². The van der Waals surface area contributed by atoms with Crippen LogP contribution in [0.2, 0.25) is 0 Å². The molecular weight excluding hydrogens is 152 g/mol. The quantitative estimate of drug-likeness (QED) is 0.631. The molecule has 12 heavy (non-hydrogen) atoms. The van der Waals surface area contributed by atoms with Gasteiger partial charge in [-0.2, -0.15) is 0 Å². The predicted molar refractivity (Wildman–Crippen MR) is 48.5 cm³/mol. The van der Waals surface area contributed by atoms with Gasteiger partial charge in [-0.15, -0.1) is 0 Å². The standard InChI is InChI=1S/C9H18N2O/c1-3-8(9(10)12)11-5-7-4-6(7)2/h6-8,11H,3-5H2,1-2H3,(H2,10,12). The Balaban J connectivity index is 2.15. The number of nitrogens with two attached hydrogens (primary N) is 1. The molecule has 1 saturated carbocycles. The SMILES string of the molecule is CCC(NCC1CC1C)C(N)=O. The van der Waals surface area contributed by atoms with E-state index in [0.29, 0.717) is 0 Å². The molecule has 1 fully saturated rings. The van der Waals surface area contributed by atoms with E-state index in [1.165, 1.54) is 6.42 Å². The number of rotatable bonds is 5. The van der Waals surface area contributed by atoms with Crippen molar-refractivity contribution in [3.63, 3.8) is 0 Å². The van der Waals surface area contributed by atoms with Crippen LogP contribution in [0.5, 0.6) is 0 Å². The summed E-state index contributed by atoms with van der Waals surface area (Å²) in [4.78, 5) is 10.8. The van der Waals surface area contributed by atoms with Crippen LogP contribution in [0.25, 0.3) is 0 Å². The van der Waals surface area contributed by atoms with Gasteiger partial charge in [0.25, 0.3) is 0 Å². The molecule has 0 aromatic heterocycles. The van der Waals surface area contributed by atoms with Crippen molar-refractivity contribution in [2.24, 2.45) is 17.6 Å². The van der Waals surface area contributed by atoms with Gasteiger partial charge in [0, 0.05) is 0 Å². The number of primary amides is 1. The number of nitrogens with one attached hydrogen (secondary N) is 1. The summed E-state index contributed by atoms with van der Waals surface area (Å²) in [6.45, 7) is 5.15. The molecule has 0 radical (unpaired) electrons. The van der Waals surface area contributed by atoms with Crippen LogP contribution in [0.1, 0.15) is 26.7 Å². The summed E-state index contributed by atoms with van der Waals surface area (Å²) in [6.07, 6.45) is 2.08. The molecule has 0 heterocycles. The van der Waals surface area contributed by atoms with E-state index in [1.54, 1.807) is 0 Å². The first-order valence-electron chi connectivity index (χ1n) is 4.67. The molecule has 1 rings (SSSR count). The summed E-state index contributed by atoms with van der Waals surface area (Å²) in [7, 11) is 0. The minimum Gasteiger partial charge on any atom is -0.368 e. The minimum absolute atomic E-state index is 0.127. The van der Waals surface area contributed by atoms with Crippen LogP contribution >= 0.6 is 0 Å². The molecule has 1 amide bonds. The molecule has 0 aromatic carbocycles. The Bertz CT molecular complexity index is 170. The van der Waals surface area contributed by atoms with Crippen molar-refractivity contribution in [2.75, 3.05) is 6.54 Å². The molecule has 0 spiro atoms. The summed E-state index contributed by atoms with van der Waals surface area (Å²) in [5.74, 6) is 1.38. The molecule has 3 N–H and O–H groups in total. The number of carbonyl (C=O) groups excluding carboxylic acids is 1. The van der Waals surface area contributed by atoms with E-state index in [9.17, 15) is 4.79 Å². The van der Waals surface area contributed by atoms with Crippen LogP contribution in [-0.2, 0) is 4.79 Å². The third-order valence-corrected chi connectivity index (χ3v) is 2.65. The van der Waals surface area contributed by atoms with Crippen molar-refractivity contribution in [3.8, 4) is 0 Å². The lowest BCUT2D eigenvalue weighted by molar-refractivity contribution is -0.120. The monoisotopic (exact) mass is 170 g/mol. The van der Waals surface area contributed by atoms with Crippen LogP contribution in [0.4, 0.5) is 0 Å². The number of hydrogen-bond donors (Lipinski definition) is 2. The average Bonchev–Trinajstić information content (AvgIpc) is 2.67. The van der Waals surface area contributed by atoms with E-state index < -0.39 is 0 Å². The number of hydrogen-bond acceptors (Lipinski definition) is 2. The highest BCUT2D eigenvalue weighted by atomic mass is 16.1. The molecule has 0 saturated heterocycles. The van der Waals surface area contributed by atoms with E-state index in [1.807, 2.05) is 6.92 Å².